The molecular weight excluding hydrogens is 250 g/mol. The fourth-order valence-corrected chi connectivity index (χ4v) is 3.52. The van der Waals surface area contributed by atoms with E-state index in [2.05, 4.69) is 16.8 Å². The van der Waals surface area contributed by atoms with E-state index in [9.17, 15) is 4.79 Å². The number of amides is 1. The van der Waals surface area contributed by atoms with E-state index in [-0.39, 0.29) is 6.04 Å². The Labute approximate surface area is 120 Å². The molecule has 0 spiro atoms. The van der Waals surface area contributed by atoms with Crippen LogP contribution >= 0.6 is 0 Å². The molecule has 0 saturated carbocycles. The summed E-state index contributed by atoms with van der Waals surface area (Å²) in [6.45, 7) is 2.71. The van der Waals surface area contributed by atoms with Crippen molar-refractivity contribution < 1.29 is 4.79 Å². The van der Waals surface area contributed by atoms with Gasteiger partial charge in [-0.05, 0) is 50.2 Å². The van der Waals surface area contributed by atoms with Crippen molar-refractivity contribution in [3.63, 3.8) is 0 Å². The second kappa shape index (κ2) is 6.00. The molecule has 1 saturated heterocycles. The molecular formula is C16H25N3O. The number of hydrogen-bond donors (Lipinski definition) is 1. The lowest BCUT2D eigenvalue weighted by molar-refractivity contribution is -0.132. The monoisotopic (exact) mass is 275 g/mol. The standard InChI is InChI=1S/C16H25N3O/c17-14-5-4-6-15-13(14)7-11-18(15)12-8-16(20)19-9-2-1-3-10-19/h7,11,14H,1-6,8-10,12,17H2. The molecule has 0 bridgehead atoms. The maximum atomic E-state index is 12.2. The third kappa shape index (κ3) is 2.75. The molecule has 0 radical (unpaired) electrons. The smallest absolute Gasteiger partial charge is 0.224 e. The first-order valence-electron chi connectivity index (χ1n) is 7.97. The first-order valence-corrected chi connectivity index (χ1v) is 7.97. The van der Waals surface area contributed by atoms with E-state index in [1.165, 1.54) is 30.5 Å². The zero-order valence-electron chi connectivity index (χ0n) is 12.2. The largest absolute Gasteiger partial charge is 0.351 e. The second-order valence-electron chi connectivity index (χ2n) is 6.10. The molecule has 2 heterocycles. The van der Waals surface area contributed by atoms with Crippen LogP contribution in [0.3, 0.4) is 0 Å². The first-order chi connectivity index (χ1) is 9.75. The Bertz CT molecular complexity index is 474. The Balaban J connectivity index is 1.60. The van der Waals surface area contributed by atoms with Crippen LogP contribution in [0.5, 0.6) is 0 Å². The van der Waals surface area contributed by atoms with Crippen LogP contribution in [0.1, 0.15) is 55.8 Å². The van der Waals surface area contributed by atoms with Gasteiger partial charge in [0.2, 0.25) is 5.91 Å². The highest BCUT2D eigenvalue weighted by Gasteiger charge is 2.21. The number of piperidine rings is 1. The minimum Gasteiger partial charge on any atom is -0.351 e. The summed E-state index contributed by atoms with van der Waals surface area (Å²) in [7, 11) is 0. The van der Waals surface area contributed by atoms with Crippen molar-refractivity contribution in [1.82, 2.24) is 9.47 Å². The number of hydrogen-bond acceptors (Lipinski definition) is 2. The highest BCUT2D eigenvalue weighted by atomic mass is 16.2. The molecule has 1 aromatic rings. The maximum absolute atomic E-state index is 12.2. The number of aryl methyl sites for hydroxylation is 1. The van der Waals surface area contributed by atoms with Gasteiger partial charge in [-0.2, -0.15) is 0 Å². The Hall–Kier alpha value is -1.29. The number of nitrogens with two attached hydrogens (primary N) is 1. The summed E-state index contributed by atoms with van der Waals surface area (Å²) in [5.41, 5.74) is 8.79. The van der Waals surface area contributed by atoms with Crippen molar-refractivity contribution in [1.29, 1.82) is 0 Å². The Morgan fingerprint density at radius 3 is 2.85 bits per heavy atom. The lowest BCUT2D eigenvalue weighted by Crippen LogP contribution is -2.36. The van der Waals surface area contributed by atoms with Crippen molar-refractivity contribution in [3.8, 4) is 0 Å². The molecule has 4 nitrogen and oxygen atoms in total. The predicted octanol–water partition coefficient (Wildman–Crippen LogP) is 2.23. The Morgan fingerprint density at radius 2 is 2.05 bits per heavy atom. The summed E-state index contributed by atoms with van der Waals surface area (Å²) in [4.78, 5) is 14.2. The molecule has 1 amide bonds. The van der Waals surface area contributed by atoms with Crippen molar-refractivity contribution in [2.45, 2.75) is 57.5 Å². The minimum absolute atomic E-state index is 0.192. The Morgan fingerprint density at radius 1 is 1.25 bits per heavy atom. The lowest BCUT2D eigenvalue weighted by Gasteiger charge is -2.27. The quantitative estimate of drug-likeness (QED) is 0.919. The van der Waals surface area contributed by atoms with Gasteiger partial charge in [-0.1, -0.05) is 0 Å². The SMILES string of the molecule is NC1CCCc2c1ccn2CCC(=O)N1CCCCC1. The highest BCUT2D eigenvalue weighted by molar-refractivity contribution is 5.76. The zero-order valence-corrected chi connectivity index (χ0v) is 12.2. The van der Waals surface area contributed by atoms with Crippen LogP contribution in [0, 0.1) is 0 Å². The van der Waals surface area contributed by atoms with Crippen LogP contribution in [-0.2, 0) is 17.8 Å². The highest BCUT2D eigenvalue weighted by Crippen LogP contribution is 2.28. The van der Waals surface area contributed by atoms with Crippen LogP contribution < -0.4 is 5.73 Å². The van der Waals surface area contributed by atoms with E-state index in [1.807, 2.05) is 4.90 Å². The molecule has 1 fully saturated rings. The average molecular weight is 275 g/mol. The molecule has 3 rings (SSSR count). The topological polar surface area (TPSA) is 51.3 Å². The van der Waals surface area contributed by atoms with E-state index in [4.69, 9.17) is 5.73 Å². The normalized spacial score (nSPS) is 22.6. The molecule has 1 aliphatic carbocycles. The van der Waals surface area contributed by atoms with Crippen LogP contribution in [0.2, 0.25) is 0 Å². The number of carbonyl (C=O) groups is 1. The fourth-order valence-electron chi connectivity index (χ4n) is 3.52. The van der Waals surface area contributed by atoms with Crippen LogP contribution in [0.25, 0.3) is 0 Å². The summed E-state index contributed by atoms with van der Waals surface area (Å²) < 4.78 is 2.25. The molecule has 20 heavy (non-hydrogen) atoms. The number of rotatable bonds is 3. The Kier molecular flexibility index (Phi) is 4.10. The van der Waals surface area contributed by atoms with Gasteiger partial charge in [-0.25, -0.2) is 0 Å². The number of carbonyl (C=O) groups excluding carboxylic acids is 1. The van der Waals surface area contributed by atoms with E-state index in [1.54, 1.807) is 0 Å². The van der Waals surface area contributed by atoms with E-state index < -0.39 is 0 Å². The number of nitrogens with zero attached hydrogens (tertiary/aromatic N) is 2. The molecule has 110 valence electrons. The van der Waals surface area contributed by atoms with Crippen molar-refractivity contribution >= 4 is 5.91 Å². The molecule has 2 aliphatic rings. The van der Waals surface area contributed by atoms with Gasteiger partial charge in [0.25, 0.3) is 0 Å². The summed E-state index contributed by atoms with van der Waals surface area (Å²) in [5.74, 6) is 0.312. The van der Waals surface area contributed by atoms with Gasteiger partial charge in [-0.15, -0.1) is 0 Å². The summed E-state index contributed by atoms with van der Waals surface area (Å²) >= 11 is 0. The van der Waals surface area contributed by atoms with Gasteiger partial charge < -0.3 is 15.2 Å². The first kappa shape index (κ1) is 13.7. The van der Waals surface area contributed by atoms with E-state index in [0.29, 0.717) is 12.3 Å². The third-order valence-corrected chi connectivity index (χ3v) is 4.72. The van der Waals surface area contributed by atoms with Crippen LogP contribution in [0.15, 0.2) is 12.3 Å². The molecule has 1 aliphatic heterocycles. The van der Waals surface area contributed by atoms with Crippen molar-refractivity contribution in [2.75, 3.05) is 13.1 Å². The molecule has 1 unspecified atom stereocenters. The molecule has 2 N–H and O–H groups in total. The number of fused-ring (bicyclic) bond motifs is 1. The summed E-state index contributed by atoms with van der Waals surface area (Å²) in [6, 6.07) is 2.34. The maximum Gasteiger partial charge on any atom is 0.224 e. The van der Waals surface area contributed by atoms with E-state index in [0.717, 1.165) is 38.9 Å². The molecule has 4 heteroatoms. The summed E-state index contributed by atoms with van der Waals surface area (Å²) in [6.07, 6.45) is 9.69. The molecule has 0 aromatic carbocycles. The molecule has 1 aromatic heterocycles. The fraction of sp³-hybridized carbons (Fsp3) is 0.688. The van der Waals surface area contributed by atoms with Crippen LogP contribution in [0.4, 0.5) is 0 Å². The van der Waals surface area contributed by atoms with Gasteiger partial charge in [0.05, 0.1) is 0 Å². The van der Waals surface area contributed by atoms with Gasteiger partial charge in [0.15, 0.2) is 0 Å². The van der Waals surface area contributed by atoms with Gasteiger partial charge in [0, 0.05) is 44.0 Å². The van der Waals surface area contributed by atoms with E-state index >= 15 is 0 Å². The predicted molar refractivity (Wildman–Crippen MR) is 79.3 cm³/mol. The van der Waals surface area contributed by atoms with Crippen molar-refractivity contribution in [2.24, 2.45) is 5.73 Å². The number of likely N-dealkylation sites (tertiary alicyclic amines) is 1. The average Bonchev–Trinajstić information content (AvgIpc) is 2.90. The summed E-state index contributed by atoms with van der Waals surface area (Å²) in [5, 5.41) is 0. The van der Waals surface area contributed by atoms with Gasteiger partial charge in [-0.3, -0.25) is 4.79 Å². The van der Waals surface area contributed by atoms with Crippen LogP contribution in [-0.4, -0.2) is 28.5 Å². The van der Waals surface area contributed by atoms with Gasteiger partial charge in [0.1, 0.15) is 0 Å². The zero-order chi connectivity index (χ0) is 13.9. The third-order valence-electron chi connectivity index (χ3n) is 4.72. The second-order valence-corrected chi connectivity index (χ2v) is 6.10. The lowest BCUT2D eigenvalue weighted by atomic mass is 9.94. The number of aromatic nitrogens is 1. The molecule has 1 atom stereocenters. The van der Waals surface area contributed by atoms with Gasteiger partial charge >= 0.3 is 0 Å². The minimum atomic E-state index is 0.192. The van der Waals surface area contributed by atoms with Crippen molar-refractivity contribution in [3.05, 3.63) is 23.5 Å².